The highest BCUT2D eigenvalue weighted by Crippen LogP contribution is 2.32. The number of likely N-dealkylation sites (tertiary alicyclic amines) is 1. The summed E-state index contributed by atoms with van der Waals surface area (Å²) in [4.78, 5) is 21.1. The van der Waals surface area contributed by atoms with Crippen LogP contribution in [0.5, 0.6) is 5.88 Å². The van der Waals surface area contributed by atoms with Gasteiger partial charge in [-0.2, -0.15) is 10.1 Å². The number of aliphatic hydroxyl groups excluding tert-OH is 1. The molecule has 2 N–H and O–H groups in total. The Hall–Kier alpha value is -2.45. The molecule has 0 bridgehead atoms. The molecule has 0 radical (unpaired) electrons. The first-order chi connectivity index (χ1) is 12.2. The van der Waals surface area contributed by atoms with Crippen molar-refractivity contribution in [1.29, 1.82) is 0 Å². The molecule has 2 aromatic heterocycles. The topological polar surface area (TPSA) is 94.6 Å². The third-order valence-electron chi connectivity index (χ3n) is 4.94. The lowest BCUT2D eigenvalue weighted by Gasteiger charge is -2.22. The summed E-state index contributed by atoms with van der Waals surface area (Å²) < 4.78 is 5.41. The molecule has 4 heterocycles. The van der Waals surface area contributed by atoms with Crippen LogP contribution in [0.25, 0.3) is 11.1 Å². The summed E-state index contributed by atoms with van der Waals surface area (Å²) in [6.45, 7) is 1.96. The lowest BCUT2D eigenvalue weighted by atomic mass is 10.1. The largest absolute Gasteiger partial charge is 0.480 e. The quantitative estimate of drug-likeness (QED) is 0.847. The van der Waals surface area contributed by atoms with Crippen LogP contribution < -0.4 is 9.64 Å². The Balaban J connectivity index is 1.57. The van der Waals surface area contributed by atoms with E-state index < -0.39 is 0 Å². The van der Waals surface area contributed by atoms with E-state index in [9.17, 15) is 9.90 Å². The summed E-state index contributed by atoms with van der Waals surface area (Å²) in [7, 11) is 1.57. The fourth-order valence-electron chi connectivity index (χ4n) is 3.64. The molecule has 2 atom stereocenters. The Morgan fingerprint density at radius 2 is 2.20 bits per heavy atom. The second-order valence-electron chi connectivity index (χ2n) is 6.45. The predicted octanol–water partition coefficient (Wildman–Crippen LogP) is 0.652. The van der Waals surface area contributed by atoms with E-state index in [4.69, 9.17) is 4.74 Å². The molecule has 4 rings (SSSR count). The van der Waals surface area contributed by atoms with Gasteiger partial charge in [-0.25, -0.2) is 0 Å². The fraction of sp³-hybridized carbons (Fsp3) is 0.471. The standard InChI is InChI=1S/C17H21N5O3/c1-25-16-13(11-8-18-19-9-11)2-3-15(20-16)22-7-5-14(17(22)24)21-6-4-12(23)10-21/h2-3,8-9,12,14,23H,4-7,10H2,1H3,(H,18,19)/t12-,14?/m0/s1. The summed E-state index contributed by atoms with van der Waals surface area (Å²) >= 11 is 0. The summed E-state index contributed by atoms with van der Waals surface area (Å²) in [6.07, 6.45) is 4.63. The van der Waals surface area contributed by atoms with Crippen LogP contribution in [0, 0.1) is 0 Å². The maximum Gasteiger partial charge on any atom is 0.245 e. The van der Waals surface area contributed by atoms with Crippen LogP contribution in [0.1, 0.15) is 12.8 Å². The monoisotopic (exact) mass is 343 g/mol. The predicted molar refractivity (Wildman–Crippen MR) is 91.3 cm³/mol. The van der Waals surface area contributed by atoms with Gasteiger partial charge in [0.1, 0.15) is 5.82 Å². The van der Waals surface area contributed by atoms with Gasteiger partial charge in [0.2, 0.25) is 11.8 Å². The van der Waals surface area contributed by atoms with Crippen molar-refractivity contribution in [1.82, 2.24) is 20.1 Å². The second-order valence-corrected chi connectivity index (χ2v) is 6.45. The molecular formula is C17H21N5O3. The maximum atomic E-state index is 12.8. The summed E-state index contributed by atoms with van der Waals surface area (Å²) in [5.41, 5.74) is 1.71. The van der Waals surface area contributed by atoms with Gasteiger partial charge >= 0.3 is 0 Å². The van der Waals surface area contributed by atoms with E-state index >= 15 is 0 Å². The number of anilines is 1. The molecule has 0 aliphatic carbocycles. The van der Waals surface area contributed by atoms with Gasteiger partial charge in [0, 0.05) is 37.0 Å². The van der Waals surface area contributed by atoms with E-state index in [0.717, 1.165) is 30.5 Å². The minimum Gasteiger partial charge on any atom is -0.480 e. The fourth-order valence-corrected chi connectivity index (χ4v) is 3.64. The van der Waals surface area contributed by atoms with Crippen molar-refractivity contribution in [3.63, 3.8) is 0 Å². The van der Waals surface area contributed by atoms with Crippen molar-refractivity contribution in [2.24, 2.45) is 0 Å². The van der Waals surface area contributed by atoms with Gasteiger partial charge in [-0.3, -0.25) is 19.7 Å². The number of carbonyl (C=O) groups is 1. The Labute approximate surface area is 145 Å². The Bertz CT molecular complexity index is 764. The van der Waals surface area contributed by atoms with Crippen molar-refractivity contribution in [3.05, 3.63) is 24.5 Å². The summed E-state index contributed by atoms with van der Waals surface area (Å²) in [5.74, 6) is 1.10. The number of pyridine rings is 1. The van der Waals surface area contributed by atoms with Crippen molar-refractivity contribution < 1.29 is 14.6 Å². The van der Waals surface area contributed by atoms with E-state index in [1.807, 2.05) is 12.1 Å². The average molecular weight is 343 g/mol. The average Bonchev–Trinajstić information content (AvgIpc) is 3.35. The number of aliphatic hydroxyl groups is 1. The molecule has 1 amide bonds. The van der Waals surface area contributed by atoms with E-state index in [1.165, 1.54) is 0 Å². The zero-order chi connectivity index (χ0) is 17.4. The zero-order valence-corrected chi connectivity index (χ0v) is 14.1. The number of amides is 1. The number of ether oxygens (including phenoxy) is 1. The first-order valence-electron chi connectivity index (χ1n) is 8.45. The summed E-state index contributed by atoms with van der Waals surface area (Å²) in [5, 5.41) is 16.4. The number of nitrogens with zero attached hydrogens (tertiary/aromatic N) is 4. The van der Waals surface area contributed by atoms with E-state index in [0.29, 0.717) is 24.8 Å². The molecule has 2 fully saturated rings. The zero-order valence-electron chi connectivity index (χ0n) is 14.1. The molecule has 0 aromatic carbocycles. The van der Waals surface area contributed by atoms with Crippen molar-refractivity contribution in [3.8, 4) is 17.0 Å². The molecule has 8 heteroatoms. The van der Waals surface area contributed by atoms with Gasteiger partial charge in [-0.05, 0) is 25.0 Å². The number of carbonyl (C=O) groups excluding carboxylic acids is 1. The van der Waals surface area contributed by atoms with Crippen LogP contribution >= 0.6 is 0 Å². The minimum absolute atomic E-state index is 0.0414. The van der Waals surface area contributed by atoms with Gasteiger partial charge in [0.15, 0.2) is 0 Å². The Morgan fingerprint density at radius 3 is 2.88 bits per heavy atom. The highest BCUT2D eigenvalue weighted by Gasteiger charge is 2.39. The van der Waals surface area contributed by atoms with Gasteiger partial charge in [-0.15, -0.1) is 0 Å². The number of H-pyrrole nitrogens is 1. The number of aromatic nitrogens is 3. The third-order valence-corrected chi connectivity index (χ3v) is 4.94. The number of aromatic amines is 1. The number of methoxy groups -OCH3 is 1. The van der Waals surface area contributed by atoms with Crippen LogP contribution in [-0.4, -0.2) is 70.0 Å². The van der Waals surface area contributed by atoms with Crippen molar-refractivity contribution >= 4 is 11.7 Å². The first kappa shape index (κ1) is 16.0. The second kappa shape index (κ2) is 6.45. The smallest absolute Gasteiger partial charge is 0.245 e. The Morgan fingerprint density at radius 1 is 1.32 bits per heavy atom. The first-order valence-corrected chi connectivity index (χ1v) is 8.45. The van der Waals surface area contributed by atoms with Crippen molar-refractivity contribution in [2.75, 3.05) is 31.6 Å². The molecule has 132 valence electrons. The van der Waals surface area contributed by atoms with Crippen molar-refractivity contribution in [2.45, 2.75) is 25.0 Å². The molecule has 25 heavy (non-hydrogen) atoms. The van der Waals surface area contributed by atoms with Crippen LogP contribution in [0.4, 0.5) is 5.82 Å². The SMILES string of the molecule is COc1nc(N2CCC(N3CC[C@H](O)C3)C2=O)ccc1-c1cn[nH]c1. The highest BCUT2D eigenvalue weighted by molar-refractivity contribution is 5.99. The molecule has 1 unspecified atom stereocenters. The maximum absolute atomic E-state index is 12.8. The van der Waals surface area contributed by atoms with Crippen LogP contribution in [0.2, 0.25) is 0 Å². The van der Waals surface area contributed by atoms with Gasteiger partial charge in [0.25, 0.3) is 0 Å². The number of hydrogen-bond acceptors (Lipinski definition) is 6. The minimum atomic E-state index is -0.325. The van der Waals surface area contributed by atoms with Crippen LogP contribution in [0.3, 0.4) is 0 Å². The molecular weight excluding hydrogens is 322 g/mol. The Kier molecular flexibility index (Phi) is 4.14. The number of β-amino-alcohol motifs (C(OH)–C–C–N with tert-alkyl or cyclic N) is 1. The normalized spacial score (nSPS) is 24.2. The number of rotatable bonds is 4. The van der Waals surface area contributed by atoms with E-state index in [2.05, 4.69) is 20.1 Å². The summed E-state index contributed by atoms with van der Waals surface area (Å²) in [6, 6.07) is 3.56. The highest BCUT2D eigenvalue weighted by atomic mass is 16.5. The lowest BCUT2D eigenvalue weighted by molar-refractivity contribution is -0.121. The van der Waals surface area contributed by atoms with E-state index in [1.54, 1.807) is 24.4 Å². The van der Waals surface area contributed by atoms with Crippen LogP contribution in [0.15, 0.2) is 24.5 Å². The molecule has 0 spiro atoms. The van der Waals surface area contributed by atoms with E-state index in [-0.39, 0.29) is 18.1 Å². The molecule has 8 nitrogen and oxygen atoms in total. The molecule has 2 saturated heterocycles. The lowest BCUT2D eigenvalue weighted by Crippen LogP contribution is -2.41. The number of hydrogen-bond donors (Lipinski definition) is 2. The number of nitrogens with one attached hydrogen (secondary N) is 1. The molecule has 2 aliphatic heterocycles. The molecule has 0 saturated carbocycles. The van der Waals surface area contributed by atoms with Crippen LogP contribution in [-0.2, 0) is 4.79 Å². The molecule has 2 aromatic rings. The van der Waals surface area contributed by atoms with Gasteiger partial charge in [0.05, 0.1) is 25.5 Å². The van der Waals surface area contributed by atoms with Gasteiger partial charge < -0.3 is 9.84 Å². The third kappa shape index (κ3) is 2.87. The molecule has 2 aliphatic rings. The van der Waals surface area contributed by atoms with Gasteiger partial charge in [-0.1, -0.05) is 0 Å².